The van der Waals surface area contributed by atoms with Crippen molar-refractivity contribution in [3.8, 4) is 0 Å². The molecule has 0 saturated heterocycles. The molecule has 0 saturated carbocycles. The maximum Gasteiger partial charge on any atom is 0.581 e. The van der Waals surface area contributed by atoms with Crippen LogP contribution in [-0.2, 0) is 18.8 Å². The maximum absolute atomic E-state index is 10.6. The van der Waals surface area contributed by atoms with Crippen LogP contribution in [0.4, 0.5) is 0 Å². The van der Waals surface area contributed by atoms with Gasteiger partial charge < -0.3 is 10.5 Å². The lowest BCUT2D eigenvalue weighted by atomic mass is 10.2. The number of carbonyl (C=O) groups is 2. The van der Waals surface area contributed by atoms with Crippen LogP contribution >= 0.6 is 0 Å². The van der Waals surface area contributed by atoms with Gasteiger partial charge in [-0.15, -0.1) is 0 Å². The Balaban J connectivity index is 3.86. The van der Waals surface area contributed by atoms with Crippen molar-refractivity contribution in [2.24, 2.45) is 5.73 Å². The molecule has 0 aliphatic rings. The number of hydrogen-bond acceptors (Lipinski definition) is 4. The molecule has 0 aliphatic carbocycles. The Morgan fingerprint density at radius 2 is 2.27 bits per heavy atom. The predicted molar refractivity (Wildman–Crippen MR) is 36.7 cm³/mol. The smallest absolute Gasteiger partial charge is 0.468 e. The van der Waals surface area contributed by atoms with Crippen LogP contribution in [0.15, 0.2) is 0 Å². The highest BCUT2D eigenvalue weighted by atomic mass is 16.5. The third-order valence-corrected chi connectivity index (χ3v) is 1.05. The SMILES string of the molecule is C=[O+]C(=O)C[C@H](N)C(=O)OC. The fraction of sp³-hybridized carbons (Fsp3) is 0.500. The summed E-state index contributed by atoms with van der Waals surface area (Å²) in [5.74, 6) is -1.28. The van der Waals surface area contributed by atoms with Crippen molar-refractivity contribution in [3.63, 3.8) is 0 Å². The van der Waals surface area contributed by atoms with Gasteiger partial charge in [0.05, 0.1) is 7.11 Å². The first-order valence-electron chi connectivity index (χ1n) is 2.90. The minimum Gasteiger partial charge on any atom is -0.468 e. The highest BCUT2D eigenvalue weighted by Crippen LogP contribution is 1.90. The average molecular weight is 160 g/mol. The van der Waals surface area contributed by atoms with E-state index in [1.807, 2.05) is 0 Å². The fourth-order valence-electron chi connectivity index (χ4n) is 0.473. The van der Waals surface area contributed by atoms with Crippen molar-refractivity contribution >= 4 is 18.7 Å². The van der Waals surface area contributed by atoms with Crippen molar-refractivity contribution in [1.82, 2.24) is 0 Å². The first kappa shape index (κ1) is 9.77. The summed E-state index contributed by atoms with van der Waals surface area (Å²) in [7, 11) is 1.19. The normalized spacial score (nSPS) is 11.8. The van der Waals surface area contributed by atoms with Crippen LogP contribution in [0.2, 0.25) is 0 Å². The minimum atomic E-state index is -0.964. The predicted octanol–water partition coefficient (Wildman–Crippen LogP) is -1.23. The molecule has 0 bridgehead atoms. The topological polar surface area (TPSA) is 80.7 Å². The van der Waals surface area contributed by atoms with E-state index in [-0.39, 0.29) is 6.42 Å². The van der Waals surface area contributed by atoms with Gasteiger partial charge in [-0.1, -0.05) is 0 Å². The fourth-order valence-corrected chi connectivity index (χ4v) is 0.473. The molecule has 0 rings (SSSR count). The summed E-state index contributed by atoms with van der Waals surface area (Å²) < 4.78 is 8.30. The molecule has 0 aliphatic heterocycles. The Hall–Kier alpha value is -1.23. The number of methoxy groups -OCH3 is 1. The second-order valence-electron chi connectivity index (χ2n) is 1.85. The van der Waals surface area contributed by atoms with E-state index in [0.29, 0.717) is 0 Å². The Labute approximate surface area is 63.8 Å². The zero-order chi connectivity index (χ0) is 8.85. The van der Waals surface area contributed by atoms with Gasteiger partial charge in [0.2, 0.25) is 0 Å². The number of nitrogens with two attached hydrogens (primary N) is 1. The molecule has 11 heavy (non-hydrogen) atoms. The van der Waals surface area contributed by atoms with Gasteiger partial charge in [-0.25, -0.2) is 0 Å². The molecular weight excluding hydrogens is 150 g/mol. The van der Waals surface area contributed by atoms with Crippen molar-refractivity contribution in [2.75, 3.05) is 7.11 Å². The second-order valence-corrected chi connectivity index (χ2v) is 1.85. The third-order valence-electron chi connectivity index (χ3n) is 1.05. The van der Waals surface area contributed by atoms with Crippen LogP contribution < -0.4 is 5.73 Å². The Bertz CT molecular complexity index is 177. The lowest BCUT2D eigenvalue weighted by molar-refractivity contribution is -0.369. The molecule has 1 atom stereocenters. The first-order chi connectivity index (χ1) is 5.11. The van der Waals surface area contributed by atoms with E-state index < -0.39 is 18.0 Å². The molecule has 0 aromatic heterocycles. The summed E-state index contributed by atoms with van der Waals surface area (Å²) in [5.41, 5.74) is 5.20. The van der Waals surface area contributed by atoms with Gasteiger partial charge in [0.25, 0.3) is 0 Å². The second kappa shape index (κ2) is 4.56. The lowest BCUT2D eigenvalue weighted by Gasteiger charge is -2.01. The van der Waals surface area contributed by atoms with Crippen LogP contribution in [-0.4, -0.2) is 31.9 Å². The van der Waals surface area contributed by atoms with Gasteiger partial charge in [0.1, 0.15) is 12.5 Å². The summed E-state index contributed by atoms with van der Waals surface area (Å²) >= 11 is 0. The molecule has 0 spiro atoms. The number of carbonyl (C=O) groups excluding carboxylic acids is 3. The molecule has 62 valence electrons. The van der Waals surface area contributed by atoms with Gasteiger partial charge >= 0.3 is 11.9 Å². The number of rotatable bonds is 3. The van der Waals surface area contributed by atoms with E-state index in [0.717, 1.165) is 0 Å². The molecule has 5 heteroatoms. The van der Waals surface area contributed by atoms with E-state index in [9.17, 15) is 9.59 Å². The van der Waals surface area contributed by atoms with E-state index in [4.69, 9.17) is 5.73 Å². The van der Waals surface area contributed by atoms with Crippen LogP contribution in [0.5, 0.6) is 0 Å². The first-order valence-corrected chi connectivity index (χ1v) is 2.90. The summed E-state index contributed by atoms with van der Waals surface area (Å²) in [5, 5.41) is 0. The largest absolute Gasteiger partial charge is 0.581 e. The van der Waals surface area contributed by atoms with Gasteiger partial charge in [-0.05, 0) is 0 Å². The number of hydrogen-bond donors (Lipinski definition) is 1. The monoisotopic (exact) mass is 160 g/mol. The van der Waals surface area contributed by atoms with E-state index >= 15 is 0 Å². The molecule has 0 unspecified atom stereocenters. The summed E-state index contributed by atoms with van der Waals surface area (Å²) in [4.78, 5) is 21.1. The summed E-state index contributed by atoms with van der Waals surface area (Å²) in [6.07, 6.45) is -0.212. The zero-order valence-corrected chi connectivity index (χ0v) is 6.20. The van der Waals surface area contributed by atoms with Crippen molar-refractivity contribution in [2.45, 2.75) is 12.5 Å². The molecule has 0 aromatic rings. The van der Waals surface area contributed by atoms with Crippen molar-refractivity contribution in [1.29, 1.82) is 0 Å². The summed E-state index contributed by atoms with van der Waals surface area (Å²) in [6, 6.07) is -0.964. The minimum absolute atomic E-state index is 0.212. The van der Waals surface area contributed by atoms with Gasteiger partial charge in [0.15, 0.2) is 6.79 Å². The van der Waals surface area contributed by atoms with Crippen LogP contribution in [0, 0.1) is 0 Å². The molecular formula is C6H10NO4+. The Morgan fingerprint density at radius 3 is 2.64 bits per heavy atom. The van der Waals surface area contributed by atoms with Crippen molar-refractivity contribution in [3.05, 3.63) is 0 Å². The van der Waals surface area contributed by atoms with Crippen LogP contribution in [0.3, 0.4) is 0 Å². The average Bonchev–Trinajstić information content (AvgIpc) is 2.02. The zero-order valence-electron chi connectivity index (χ0n) is 6.20. The molecule has 0 amide bonds. The van der Waals surface area contributed by atoms with Crippen molar-refractivity contribution < 1.29 is 18.8 Å². The van der Waals surface area contributed by atoms with E-state index in [2.05, 4.69) is 16.0 Å². The van der Waals surface area contributed by atoms with Crippen LogP contribution in [0.1, 0.15) is 6.42 Å². The highest BCUT2D eigenvalue weighted by Gasteiger charge is 2.24. The van der Waals surface area contributed by atoms with Gasteiger partial charge in [0, 0.05) is 4.79 Å². The molecule has 0 aromatic carbocycles. The third kappa shape index (κ3) is 3.47. The number of ether oxygens (including phenoxy) is 1. The summed E-state index contributed by atoms with van der Waals surface area (Å²) in [6.45, 7) is 2.87. The molecule has 0 fully saturated rings. The molecule has 5 nitrogen and oxygen atoms in total. The standard InChI is InChI=1S/C6H10NO4/c1-10-5(8)3-4(7)6(9)11-2/h4H,1,3,7H2,2H3/q+1/t4-/m0/s1. The Morgan fingerprint density at radius 1 is 1.73 bits per heavy atom. The highest BCUT2D eigenvalue weighted by molar-refractivity contribution is 5.81. The Kier molecular flexibility index (Phi) is 4.05. The van der Waals surface area contributed by atoms with E-state index in [1.54, 1.807) is 0 Å². The molecule has 0 radical (unpaired) electrons. The van der Waals surface area contributed by atoms with E-state index in [1.165, 1.54) is 7.11 Å². The quantitative estimate of drug-likeness (QED) is 0.414. The molecule has 0 heterocycles. The lowest BCUT2D eigenvalue weighted by Crippen LogP contribution is -2.33. The maximum atomic E-state index is 10.6. The molecule has 2 N–H and O–H groups in total. The van der Waals surface area contributed by atoms with Gasteiger partial charge in [-0.3, -0.25) is 9.22 Å². The van der Waals surface area contributed by atoms with Gasteiger partial charge in [-0.2, -0.15) is 0 Å². The van der Waals surface area contributed by atoms with Crippen LogP contribution in [0.25, 0.3) is 0 Å². The number of esters is 1.